The van der Waals surface area contributed by atoms with E-state index in [1.165, 1.54) is 0 Å². The van der Waals surface area contributed by atoms with Crippen LogP contribution in [-0.4, -0.2) is 53.5 Å². The molecule has 2 aliphatic rings. The van der Waals surface area contributed by atoms with Gasteiger partial charge in [-0.05, 0) is 39.7 Å². The number of guanidine groups is 1. The molecule has 2 saturated heterocycles. The Morgan fingerprint density at radius 2 is 2.00 bits per heavy atom. The minimum Gasteiger partial charge on any atom is -0.369 e. The number of aliphatic imine (C=N–C) groups is 1. The number of nitrogens with one attached hydrogen (secondary N) is 1. The SMILES string of the molecule is CCNC(=NCc1cccnc1N1CCC(C(N)=O)CC1)N1CC(C)(C)C1(C)C. The van der Waals surface area contributed by atoms with Gasteiger partial charge >= 0.3 is 0 Å². The fraction of sp³-hybridized carbons (Fsp3) is 0.682. The smallest absolute Gasteiger partial charge is 0.220 e. The molecular formula is C22H36N6O. The first kappa shape index (κ1) is 21.4. The van der Waals surface area contributed by atoms with Crippen LogP contribution in [0.4, 0.5) is 5.82 Å². The largest absolute Gasteiger partial charge is 0.369 e. The van der Waals surface area contributed by atoms with Crippen molar-refractivity contribution in [1.29, 1.82) is 0 Å². The molecule has 7 nitrogen and oxygen atoms in total. The molecule has 0 aliphatic carbocycles. The molecule has 1 aromatic heterocycles. The molecule has 3 heterocycles. The zero-order chi connectivity index (χ0) is 21.2. The molecular weight excluding hydrogens is 364 g/mol. The second-order valence-electron chi connectivity index (χ2n) is 9.35. The maximum atomic E-state index is 11.5. The van der Waals surface area contributed by atoms with E-state index in [1.54, 1.807) is 0 Å². The number of aromatic nitrogens is 1. The topological polar surface area (TPSA) is 86.9 Å². The molecule has 0 spiro atoms. The number of rotatable bonds is 5. The number of nitrogens with zero attached hydrogens (tertiary/aromatic N) is 4. The van der Waals surface area contributed by atoms with Gasteiger partial charge in [0.05, 0.1) is 6.54 Å². The number of hydrogen-bond acceptors (Lipinski definition) is 4. The number of carbonyl (C=O) groups excluding carboxylic acids is 1. The van der Waals surface area contributed by atoms with Gasteiger partial charge in [-0.2, -0.15) is 0 Å². The Balaban J connectivity index is 1.75. The lowest BCUT2D eigenvalue weighted by Gasteiger charge is -2.62. The van der Waals surface area contributed by atoms with Crippen molar-refractivity contribution in [2.24, 2.45) is 22.1 Å². The number of primary amides is 1. The predicted octanol–water partition coefficient (Wildman–Crippen LogP) is 2.37. The molecule has 7 heteroatoms. The second-order valence-corrected chi connectivity index (χ2v) is 9.35. The van der Waals surface area contributed by atoms with Gasteiger partial charge in [-0.3, -0.25) is 4.79 Å². The highest BCUT2D eigenvalue weighted by Gasteiger charge is 2.53. The first-order valence-corrected chi connectivity index (χ1v) is 10.7. The van der Waals surface area contributed by atoms with Gasteiger partial charge in [0.15, 0.2) is 5.96 Å². The lowest BCUT2D eigenvalue weighted by Crippen LogP contribution is -2.72. The molecule has 0 atom stereocenters. The molecule has 0 saturated carbocycles. The van der Waals surface area contributed by atoms with Crippen molar-refractivity contribution in [3.63, 3.8) is 0 Å². The summed E-state index contributed by atoms with van der Waals surface area (Å²) >= 11 is 0. The standard InChI is InChI=1S/C22H36N6O/c1-6-24-20(28-15-21(2,3)22(28,4)5)26-14-17-8-7-11-25-19(17)27-12-9-16(10-13-27)18(23)29/h7-8,11,16H,6,9-10,12-15H2,1-5H3,(H2,23,29)(H,24,26). The summed E-state index contributed by atoms with van der Waals surface area (Å²) in [6.07, 6.45) is 3.40. The van der Waals surface area contributed by atoms with Crippen molar-refractivity contribution in [3.05, 3.63) is 23.9 Å². The first-order valence-electron chi connectivity index (χ1n) is 10.7. The van der Waals surface area contributed by atoms with Gasteiger partial charge in [0.1, 0.15) is 5.82 Å². The summed E-state index contributed by atoms with van der Waals surface area (Å²) in [5.41, 5.74) is 6.90. The number of hydrogen-bond donors (Lipinski definition) is 2. The van der Waals surface area contributed by atoms with Gasteiger partial charge in [-0.15, -0.1) is 0 Å². The summed E-state index contributed by atoms with van der Waals surface area (Å²) in [5.74, 6) is 1.72. The Kier molecular flexibility index (Phi) is 6.05. The maximum absolute atomic E-state index is 11.5. The van der Waals surface area contributed by atoms with E-state index in [2.05, 4.69) is 60.8 Å². The van der Waals surface area contributed by atoms with Crippen LogP contribution in [0.15, 0.2) is 23.3 Å². The van der Waals surface area contributed by atoms with Crippen molar-refractivity contribution in [1.82, 2.24) is 15.2 Å². The van der Waals surface area contributed by atoms with Crippen LogP contribution >= 0.6 is 0 Å². The monoisotopic (exact) mass is 400 g/mol. The number of amides is 1. The van der Waals surface area contributed by atoms with Crippen molar-refractivity contribution in [2.45, 2.75) is 59.5 Å². The summed E-state index contributed by atoms with van der Waals surface area (Å²) in [4.78, 5) is 25.7. The van der Waals surface area contributed by atoms with Gasteiger partial charge in [0.2, 0.25) is 5.91 Å². The van der Waals surface area contributed by atoms with Crippen molar-refractivity contribution >= 4 is 17.7 Å². The van der Waals surface area contributed by atoms with Crippen molar-refractivity contribution < 1.29 is 4.79 Å². The quantitative estimate of drug-likeness (QED) is 0.585. The maximum Gasteiger partial charge on any atom is 0.220 e. The van der Waals surface area contributed by atoms with Gasteiger partial charge in [-0.1, -0.05) is 19.9 Å². The van der Waals surface area contributed by atoms with Crippen LogP contribution in [0.25, 0.3) is 0 Å². The molecule has 3 N–H and O–H groups in total. The van der Waals surface area contributed by atoms with E-state index in [4.69, 9.17) is 10.7 Å². The molecule has 1 aromatic rings. The summed E-state index contributed by atoms with van der Waals surface area (Å²) < 4.78 is 0. The van der Waals surface area contributed by atoms with E-state index >= 15 is 0 Å². The molecule has 0 bridgehead atoms. The van der Waals surface area contributed by atoms with Crippen LogP contribution in [-0.2, 0) is 11.3 Å². The lowest BCUT2D eigenvalue weighted by molar-refractivity contribution is -0.122. The molecule has 0 aromatic carbocycles. The predicted molar refractivity (Wildman–Crippen MR) is 118 cm³/mol. The number of piperidine rings is 1. The molecule has 1 amide bonds. The number of likely N-dealkylation sites (tertiary alicyclic amines) is 1. The van der Waals surface area contributed by atoms with E-state index in [1.807, 2.05) is 12.3 Å². The Morgan fingerprint density at radius 1 is 1.31 bits per heavy atom. The van der Waals surface area contributed by atoms with Crippen LogP contribution < -0.4 is 16.0 Å². The van der Waals surface area contributed by atoms with Crippen LogP contribution in [0.2, 0.25) is 0 Å². The molecule has 29 heavy (non-hydrogen) atoms. The third-order valence-electron chi connectivity index (χ3n) is 6.94. The minimum absolute atomic E-state index is 0.0196. The van der Waals surface area contributed by atoms with Crippen LogP contribution in [0.3, 0.4) is 0 Å². The second kappa shape index (κ2) is 8.20. The van der Waals surface area contributed by atoms with Crippen LogP contribution in [0.5, 0.6) is 0 Å². The summed E-state index contributed by atoms with van der Waals surface area (Å²) in [6, 6.07) is 4.06. The molecule has 0 radical (unpaired) electrons. The Labute approximate surface area is 174 Å². The highest BCUT2D eigenvalue weighted by Crippen LogP contribution is 2.46. The molecule has 160 valence electrons. The average Bonchev–Trinajstić information content (AvgIpc) is 2.70. The highest BCUT2D eigenvalue weighted by molar-refractivity contribution is 5.82. The van der Waals surface area contributed by atoms with Gasteiger partial charge in [0.25, 0.3) is 0 Å². The molecule has 2 aliphatic heterocycles. The van der Waals surface area contributed by atoms with Gasteiger partial charge < -0.3 is 20.9 Å². The van der Waals surface area contributed by atoms with Crippen LogP contribution in [0.1, 0.15) is 53.0 Å². The van der Waals surface area contributed by atoms with E-state index in [0.29, 0.717) is 6.54 Å². The Morgan fingerprint density at radius 3 is 2.55 bits per heavy atom. The summed E-state index contributed by atoms with van der Waals surface area (Å²) in [6.45, 7) is 15.3. The molecule has 0 unspecified atom stereocenters. The number of carbonyl (C=O) groups is 1. The number of nitrogens with two attached hydrogens (primary N) is 1. The third kappa shape index (κ3) is 4.19. The van der Waals surface area contributed by atoms with E-state index in [0.717, 1.165) is 56.4 Å². The number of pyridine rings is 1. The Hall–Kier alpha value is -2.31. The normalized spacial score (nSPS) is 21.6. The van der Waals surface area contributed by atoms with E-state index < -0.39 is 0 Å². The van der Waals surface area contributed by atoms with E-state index in [9.17, 15) is 4.79 Å². The summed E-state index contributed by atoms with van der Waals surface area (Å²) in [7, 11) is 0. The highest BCUT2D eigenvalue weighted by atomic mass is 16.1. The zero-order valence-corrected chi connectivity index (χ0v) is 18.5. The fourth-order valence-corrected chi connectivity index (χ4v) is 4.17. The third-order valence-corrected chi connectivity index (χ3v) is 6.94. The van der Waals surface area contributed by atoms with E-state index in [-0.39, 0.29) is 22.8 Å². The minimum atomic E-state index is -0.189. The zero-order valence-electron chi connectivity index (χ0n) is 18.5. The van der Waals surface area contributed by atoms with Gasteiger partial charge in [0, 0.05) is 54.8 Å². The first-order chi connectivity index (χ1) is 13.7. The molecule has 2 fully saturated rings. The number of anilines is 1. The Bertz CT molecular complexity index is 764. The van der Waals surface area contributed by atoms with Crippen molar-refractivity contribution in [2.75, 3.05) is 31.1 Å². The van der Waals surface area contributed by atoms with Crippen LogP contribution in [0, 0.1) is 11.3 Å². The van der Waals surface area contributed by atoms with Crippen molar-refractivity contribution in [3.8, 4) is 0 Å². The average molecular weight is 401 g/mol. The fourth-order valence-electron chi connectivity index (χ4n) is 4.17. The van der Waals surface area contributed by atoms with Gasteiger partial charge in [-0.25, -0.2) is 9.98 Å². The molecule has 3 rings (SSSR count). The summed E-state index contributed by atoms with van der Waals surface area (Å²) in [5, 5.41) is 3.46. The lowest BCUT2D eigenvalue weighted by atomic mass is 9.65.